The van der Waals surface area contributed by atoms with Crippen LogP contribution in [0.4, 0.5) is 14.5 Å². The van der Waals surface area contributed by atoms with Crippen molar-refractivity contribution in [1.82, 2.24) is 15.3 Å². The molecular weight excluding hydrogens is 518 g/mol. The zero-order chi connectivity index (χ0) is 28.4. The first-order chi connectivity index (χ1) is 19.2. The van der Waals surface area contributed by atoms with Crippen molar-refractivity contribution < 1.29 is 28.2 Å². The lowest BCUT2D eigenvalue weighted by Gasteiger charge is -2.39. The van der Waals surface area contributed by atoms with Crippen molar-refractivity contribution in [3.63, 3.8) is 0 Å². The second kappa shape index (κ2) is 10.8. The molecule has 2 atom stereocenters. The lowest BCUT2D eigenvalue weighted by Crippen LogP contribution is -2.58. The molecule has 4 aromatic rings. The Morgan fingerprint density at radius 1 is 1.00 bits per heavy atom. The van der Waals surface area contributed by atoms with E-state index < -0.39 is 35.2 Å². The first-order valence-electron chi connectivity index (χ1n) is 12.5. The van der Waals surface area contributed by atoms with E-state index in [0.29, 0.717) is 28.2 Å². The molecule has 2 N–H and O–H groups in total. The number of fused-ring (bicyclic) bond motifs is 1. The number of carboxylic acids is 1. The molecule has 1 aromatic heterocycles. The fourth-order valence-electron chi connectivity index (χ4n) is 5.16. The van der Waals surface area contributed by atoms with Crippen molar-refractivity contribution in [2.75, 3.05) is 11.4 Å². The van der Waals surface area contributed by atoms with E-state index >= 15 is 0 Å². The van der Waals surface area contributed by atoms with E-state index in [1.54, 1.807) is 74.5 Å². The first kappa shape index (κ1) is 26.9. The number of para-hydroxylation sites is 1. The highest BCUT2D eigenvalue weighted by molar-refractivity contribution is 5.97. The number of hydrogen-bond acceptors (Lipinski definition) is 6. The van der Waals surface area contributed by atoms with Crippen molar-refractivity contribution in [1.29, 1.82) is 0 Å². The van der Waals surface area contributed by atoms with E-state index in [1.807, 2.05) is 0 Å². The maximum atomic E-state index is 14.0. The Labute approximate surface area is 229 Å². The number of nitrogens with zero attached hydrogens (tertiary/aromatic N) is 3. The fourth-order valence-corrected chi connectivity index (χ4v) is 5.16. The number of halogens is 2. The van der Waals surface area contributed by atoms with Crippen molar-refractivity contribution >= 4 is 17.6 Å². The van der Waals surface area contributed by atoms with E-state index in [0.717, 1.165) is 18.2 Å². The summed E-state index contributed by atoms with van der Waals surface area (Å²) in [5.74, 6) is -3.28. The number of benzene rings is 3. The van der Waals surface area contributed by atoms with Crippen LogP contribution in [0.15, 0.2) is 78.9 Å². The summed E-state index contributed by atoms with van der Waals surface area (Å²) in [6.07, 6.45) is -1.63. The number of nitrogens with one attached hydrogen (secondary N) is 1. The minimum absolute atomic E-state index is 0.123. The summed E-state index contributed by atoms with van der Waals surface area (Å²) in [5, 5.41) is 13.8. The highest BCUT2D eigenvalue weighted by atomic mass is 19.1. The van der Waals surface area contributed by atoms with Gasteiger partial charge in [0.25, 0.3) is 0 Å². The van der Waals surface area contributed by atoms with Crippen molar-refractivity contribution in [2.24, 2.45) is 0 Å². The predicted molar refractivity (Wildman–Crippen MR) is 143 cm³/mol. The van der Waals surface area contributed by atoms with Crippen LogP contribution in [-0.2, 0) is 21.7 Å². The number of ether oxygens (including phenoxy) is 1. The zero-order valence-electron chi connectivity index (χ0n) is 21.8. The lowest BCUT2D eigenvalue weighted by molar-refractivity contribution is -0.149. The molecule has 2 heterocycles. The summed E-state index contributed by atoms with van der Waals surface area (Å²) >= 11 is 0. The molecule has 1 aliphatic heterocycles. The van der Waals surface area contributed by atoms with Gasteiger partial charge < -0.3 is 14.7 Å². The van der Waals surface area contributed by atoms with Crippen LogP contribution in [0.1, 0.15) is 28.1 Å². The number of aromatic nitrogens is 2. The normalized spacial score (nSPS) is 17.6. The largest absolute Gasteiger partial charge is 0.478 e. The molecule has 10 heteroatoms. The Balaban J connectivity index is 1.71. The number of carboxylic acid groups (broad SMARTS) is 1. The number of carbonyl (C=O) groups excluding carboxylic acids is 1. The molecule has 0 fully saturated rings. The van der Waals surface area contributed by atoms with Crippen LogP contribution in [0.5, 0.6) is 6.01 Å². The van der Waals surface area contributed by atoms with Gasteiger partial charge in [0.05, 0.1) is 13.1 Å². The number of aliphatic carboxylic acids is 1. The number of anilines is 1. The molecule has 8 nitrogen and oxygen atoms in total. The van der Waals surface area contributed by atoms with Gasteiger partial charge in [-0.15, -0.1) is 0 Å². The second-order valence-electron chi connectivity index (χ2n) is 9.57. The maximum absolute atomic E-state index is 14.0. The van der Waals surface area contributed by atoms with Crippen LogP contribution < -0.4 is 15.0 Å². The van der Waals surface area contributed by atoms with Gasteiger partial charge in [0.15, 0.2) is 0 Å². The molecule has 0 bridgehead atoms. The predicted octanol–water partition coefficient (Wildman–Crippen LogP) is 4.28. The van der Waals surface area contributed by atoms with E-state index in [2.05, 4.69) is 15.3 Å². The van der Waals surface area contributed by atoms with Crippen molar-refractivity contribution in [3.05, 3.63) is 119 Å². The smallest absolute Gasteiger partial charge is 0.347 e. The summed E-state index contributed by atoms with van der Waals surface area (Å²) in [5.41, 5.74) is 1.13. The van der Waals surface area contributed by atoms with Crippen LogP contribution in [0.25, 0.3) is 0 Å². The van der Waals surface area contributed by atoms with E-state index in [4.69, 9.17) is 4.74 Å². The van der Waals surface area contributed by atoms with Crippen LogP contribution in [0.3, 0.4) is 0 Å². The number of aryl methyl sites for hydroxylation is 2. The molecular formula is C30H26F2N4O4. The summed E-state index contributed by atoms with van der Waals surface area (Å²) < 4.78 is 34.1. The Hall–Kier alpha value is -4.70. The lowest BCUT2D eigenvalue weighted by atomic mass is 9.77. The highest BCUT2D eigenvalue weighted by Crippen LogP contribution is 2.42. The van der Waals surface area contributed by atoms with Gasteiger partial charge in [0.1, 0.15) is 17.2 Å². The van der Waals surface area contributed by atoms with Gasteiger partial charge in [-0.05, 0) is 49.2 Å². The summed E-state index contributed by atoms with van der Waals surface area (Å²) in [4.78, 5) is 36.5. The van der Waals surface area contributed by atoms with Crippen LogP contribution in [0, 0.1) is 25.5 Å². The van der Waals surface area contributed by atoms with Crippen molar-refractivity contribution in [2.45, 2.75) is 32.0 Å². The molecule has 0 spiro atoms. The summed E-state index contributed by atoms with van der Waals surface area (Å²) in [7, 11) is 0. The number of hydrogen-bond donors (Lipinski definition) is 2. The molecule has 204 valence electrons. The standard InChI is InChI=1S/C30H26F2N4O4/c1-18-12-19(2)35-29(34-18)40-27(28(38)39)30(21-8-4-3-5-9-21)24-10-6-7-11-25(24)36(26(37)16-33-30)17-20-13-22(31)15-23(32)14-20/h3-15,27,33H,16-17H2,1-2H3,(H,38,39)/t27-,30+/m1/s1. The second-order valence-corrected chi connectivity index (χ2v) is 9.57. The zero-order valence-corrected chi connectivity index (χ0v) is 21.8. The van der Waals surface area contributed by atoms with Gasteiger partial charge in [0, 0.05) is 28.7 Å². The van der Waals surface area contributed by atoms with E-state index in [-0.39, 0.29) is 24.7 Å². The Bertz CT molecular complexity index is 1540. The monoisotopic (exact) mass is 544 g/mol. The molecule has 0 saturated carbocycles. The minimum atomic E-state index is -1.63. The molecule has 0 saturated heterocycles. The molecule has 1 aliphatic rings. The topological polar surface area (TPSA) is 105 Å². The maximum Gasteiger partial charge on any atom is 0.347 e. The Kier molecular flexibility index (Phi) is 7.27. The highest BCUT2D eigenvalue weighted by Gasteiger charge is 2.52. The van der Waals surface area contributed by atoms with Gasteiger partial charge in [-0.3, -0.25) is 10.1 Å². The average molecular weight is 545 g/mol. The third kappa shape index (κ3) is 5.13. The number of amides is 1. The quantitative estimate of drug-likeness (QED) is 0.358. The fraction of sp³-hybridized carbons (Fsp3) is 0.200. The Morgan fingerprint density at radius 2 is 1.62 bits per heavy atom. The Morgan fingerprint density at radius 3 is 2.27 bits per heavy atom. The number of rotatable bonds is 7. The SMILES string of the molecule is Cc1cc(C)nc(O[C@H](C(=O)O)[C@@]2(c3ccccc3)NCC(=O)N(Cc3cc(F)cc(F)c3)c3ccccc32)n1. The molecule has 0 radical (unpaired) electrons. The molecule has 40 heavy (non-hydrogen) atoms. The van der Waals surface area contributed by atoms with E-state index in [9.17, 15) is 23.5 Å². The van der Waals surface area contributed by atoms with Gasteiger partial charge >= 0.3 is 12.0 Å². The van der Waals surface area contributed by atoms with Crippen LogP contribution in [0.2, 0.25) is 0 Å². The average Bonchev–Trinajstić information content (AvgIpc) is 3.02. The molecule has 0 aliphatic carbocycles. The molecule has 0 unspecified atom stereocenters. The summed E-state index contributed by atoms with van der Waals surface area (Å²) in [6.45, 7) is 3.04. The first-order valence-corrected chi connectivity index (χ1v) is 12.5. The number of carbonyl (C=O) groups is 2. The van der Waals surface area contributed by atoms with Crippen LogP contribution >= 0.6 is 0 Å². The van der Waals surface area contributed by atoms with Gasteiger partial charge in [-0.2, -0.15) is 0 Å². The molecule has 1 amide bonds. The third-order valence-corrected chi connectivity index (χ3v) is 6.73. The minimum Gasteiger partial charge on any atom is -0.478 e. The van der Waals surface area contributed by atoms with E-state index in [1.165, 1.54) is 4.90 Å². The van der Waals surface area contributed by atoms with Gasteiger partial charge in [-0.1, -0.05) is 48.5 Å². The third-order valence-electron chi connectivity index (χ3n) is 6.73. The van der Waals surface area contributed by atoms with Gasteiger partial charge in [0.2, 0.25) is 12.0 Å². The molecule has 3 aromatic carbocycles. The van der Waals surface area contributed by atoms with Gasteiger partial charge in [-0.25, -0.2) is 23.5 Å². The summed E-state index contributed by atoms with van der Waals surface area (Å²) in [6, 6.07) is 20.3. The molecule has 5 rings (SSSR count). The van der Waals surface area contributed by atoms with Crippen molar-refractivity contribution in [3.8, 4) is 6.01 Å². The van der Waals surface area contributed by atoms with Crippen LogP contribution in [-0.4, -0.2) is 39.6 Å².